The molecule has 0 aromatic heterocycles. The van der Waals surface area contributed by atoms with Crippen LogP contribution in [0.1, 0.15) is 15.9 Å². The van der Waals surface area contributed by atoms with Gasteiger partial charge in [0, 0.05) is 16.1 Å². The highest BCUT2D eigenvalue weighted by molar-refractivity contribution is 9.10. The highest BCUT2D eigenvalue weighted by Gasteiger charge is 2.14. The number of benzene rings is 2. The highest BCUT2D eigenvalue weighted by atomic mass is 79.9. The summed E-state index contributed by atoms with van der Waals surface area (Å²) < 4.78 is 5.82. The number of nitrogens with zero attached hydrogens (tertiary/aromatic N) is 1. The number of halogens is 1. The van der Waals surface area contributed by atoms with Gasteiger partial charge in [-0.05, 0) is 42.0 Å². The smallest absolute Gasteiger partial charge is 0.311 e. The molecule has 0 N–H and O–H groups in total. The Kier molecular flexibility index (Phi) is 5.06. The average molecular weight is 362 g/mol. The van der Waals surface area contributed by atoms with Crippen molar-refractivity contribution in [2.45, 2.75) is 0 Å². The number of carbonyl (C=O) groups is 1. The molecule has 0 radical (unpaired) electrons. The van der Waals surface area contributed by atoms with Crippen molar-refractivity contribution in [2.75, 3.05) is 7.11 Å². The molecular formula is C16H12BrNO4. The molecule has 0 saturated carbocycles. The van der Waals surface area contributed by atoms with Crippen LogP contribution in [0, 0.1) is 10.1 Å². The van der Waals surface area contributed by atoms with Gasteiger partial charge in [-0.25, -0.2) is 0 Å². The first-order valence-corrected chi connectivity index (χ1v) is 7.11. The molecule has 2 aromatic carbocycles. The van der Waals surface area contributed by atoms with Crippen molar-refractivity contribution >= 4 is 33.5 Å². The van der Waals surface area contributed by atoms with Crippen molar-refractivity contribution < 1.29 is 14.5 Å². The van der Waals surface area contributed by atoms with Crippen molar-refractivity contribution in [3.8, 4) is 5.75 Å². The van der Waals surface area contributed by atoms with Crippen LogP contribution in [-0.4, -0.2) is 17.8 Å². The van der Waals surface area contributed by atoms with Crippen LogP contribution in [0.5, 0.6) is 5.75 Å². The number of nitro groups is 1. The van der Waals surface area contributed by atoms with Crippen LogP contribution in [0.25, 0.3) is 6.08 Å². The van der Waals surface area contributed by atoms with Gasteiger partial charge in [-0.2, -0.15) is 0 Å². The molecule has 112 valence electrons. The maximum atomic E-state index is 12.0. The lowest BCUT2D eigenvalue weighted by molar-refractivity contribution is -0.385. The number of allylic oxidation sites excluding steroid dienone is 1. The minimum atomic E-state index is -0.521. The zero-order chi connectivity index (χ0) is 16.1. The first-order valence-electron chi connectivity index (χ1n) is 6.31. The zero-order valence-electron chi connectivity index (χ0n) is 11.7. The molecule has 0 saturated heterocycles. The third kappa shape index (κ3) is 3.79. The Labute approximate surface area is 135 Å². The van der Waals surface area contributed by atoms with E-state index in [1.165, 1.54) is 31.4 Å². The van der Waals surface area contributed by atoms with Crippen LogP contribution in [0.4, 0.5) is 5.69 Å². The lowest BCUT2D eigenvalue weighted by Gasteiger charge is -2.02. The van der Waals surface area contributed by atoms with E-state index in [0.29, 0.717) is 11.1 Å². The van der Waals surface area contributed by atoms with Crippen molar-refractivity contribution in [1.82, 2.24) is 0 Å². The summed E-state index contributed by atoms with van der Waals surface area (Å²) in [6.07, 6.45) is 2.92. The van der Waals surface area contributed by atoms with Crippen LogP contribution < -0.4 is 4.74 Å². The zero-order valence-corrected chi connectivity index (χ0v) is 13.2. The van der Waals surface area contributed by atoms with Crippen LogP contribution >= 0.6 is 15.9 Å². The van der Waals surface area contributed by atoms with Crippen molar-refractivity contribution in [3.05, 3.63) is 74.3 Å². The molecule has 22 heavy (non-hydrogen) atoms. The molecule has 0 amide bonds. The summed E-state index contributed by atoms with van der Waals surface area (Å²) in [6.45, 7) is 0. The van der Waals surface area contributed by atoms with E-state index < -0.39 is 4.92 Å². The fourth-order valence-electron chi connectivity index (χ4n) is 1.84. The number of ether oxygens (including phenoxy) is 1. The maximum Gasteiger partial charge on any atom is 0.311 e. The fraction of sp³-hybridized carbons (Fsp3) is 0.0625. The van der Waals surface area contributed by atoms with E-state index in [-0.39, 0.29) is 17.2 Å². The summed E-state index contributed by atoms with van der Waals surface area (Å²) in [5.74, 6) is 0.00681. The molecule has 0 aliphatic rings. The van der Waals surface area contributed by atoms with E-state index in [1.54, 1.807) is 30.3 Å². The van der Waals surface area contributed by atoms with Gasteiger partial charge in [0.2, 0.25) is 0 Å². The number of methoxy groups -OCH3 is 1. The molecular weight excluding hydrogens is 350 g/mol. The first kappa shape index (κ1) is 15.9. The van der Waals surface area contributed by atoms with E-state index in [1.807, 2.05) is 0 Å². The Hall–Kier alpha value is -2.47. The largest absolute Gasteiger partial charge is 0.490 e. The SMILES string of the molecule is COc1ccc(C=CC(=O)c2ccc(Br)cc2)cc1[N+](=O)[O-]. The second-order valence-corrected chi connectivity index (χ2v) is 5.31. The van der Waals surface area contributed by atoms with Crippen molar-refractivity contribution in [3.63, 3.8) is 0 Å². The molecule has 0 unspecified atom stereocenters. The van der Waals surface area contributed by atoms with Crippen LogP contribution in [0.15, 0.2) is 53.0 Å². The summed E-state index contributed by atoms with van der Waals surface area (Å²) in [4.78, 5) is 22.4. The number of rotatable bonds is 5. The van der Waals surface area contributed by atoms with E-state index in [9.17, 15) is 14.9 Å². The number of nitro benzene ring substituents is 1. The Bertz CT molecular complexity index is 738. The molecule has 0 heterocycles. The Balaban J connectivity index is 2.22. The molecule has 0 aliphatic heterocycles. The summed E-state index contributed by atoms with van der Waals surface area (Å²) in [7, 11) is 1.37. The van der Waals surface area contributed by atoms with Gasteiger partial charge in [0.05, 0.1) is 12.0 Å². The lowest BCUT2D eigenvalue weighted by atomic mass is 10.1. The number of hydrogen-bond acceptors (Lipinski definition) is 4. The van der Waals surface area contributed by atoms with Gasteiger partial charge in [-0.15, -0.1) is 0 Å². The van der Waals surface area contributed by atoms with Gasteiger partial charge in [0.15, 0.2) is 11.5 Å². The maximum absolute atomic E-state index is 12.0. The summed E-state index contributed by atoms with van der Waals surface area (Å²) in [5, 5.41) is 11.0. The minimum Gasteiger partial charge on any atom is -0.490 e. The molecule has 5 nitrogen and oxygen atoms in total. The van der Waals surface area contributed by atoms with Crippen LogP contribution in [-0.2, 0) is 0 Å². The summed E-state index contributed by atoms with van der Waals surface area (Å²) in [6, 6.07) is 11.5. The third-order valence-electron chi connectivity index (χ3n) is 2.96. The summed E-state index contributed by atoms with van der Waals surface area (Å²) in [5.41, 5.74) is 0.959. The van der Waals surface area contributed by atoms with E-state index >= 15 is 0 Å². The predicted molar refractivity (Wildman–Crippen MR) is 87.2 cm³/mol. The molecule has 0 bridgehead atoms. The van der Waals surface area contributed by atoms with Gasteiger partial charge in [-0.1, -0.05) is 28.1 Å². The topological polar surface area (TPSA) is 69.4 Å². The molecule has 6 heteroatoms. The quantitative estimate of drug-likeness (QED) is 0.345. The summed E-state index contributed by atoms with van der Waals surface area (Å²) >= 11 is 3.30. The van der Waals surface area contributed by atoms with Crippen LogP contribution in [0.2, 0.25) is 0 Å². The van der Waals surface area contributed by atoms with Gasteiger partial charge in [0.1, 0.15) is 0 Å². The van der Waals surface area contributed by atoms with Gasteiger partial charge >= 0.3 is 5.69 Å². The third-order valence-corrected chi connectivity index (χ3v) is 3.48. The number of carbonyl (C=O) groups excluding carboxylic acids is 1. The fourth-order valence-corrected chi connectivity index (χ4v) is 2.10. The molecule has 2 rings (SSSR count). The van der Waals surface area contributed by atoms with E-state index in [0.717, 1.165) is 4.47 Å². The standard InChI is InChI=1S/C16H12BrNO4/c1-22-16-9-3-11(10-14(16)18(20)21)2-8-15(19)12-4-6-13(17)7-5-12/h2-10H,1H3. The normalized spacial score (nSPS) is 10.6. The van der Waals surface area contributed by atoms with Crippen molar-refractivity contribution in [2.24, 2.45) is 0 Å². The molecule has 0 spiro atoms. The highest BCUT2D eigenvalue weighted by Crippen LogP contribution is 2.28. The Morgan fingerprint density at radius 1 is 1.23 bits per heavy atom. The number of ketones is 1. The molecule has 0 aliphatic carbocycles. The second-order valence-electron chi connectivity index (χ2n) is 4.39. The first-order chi connectivity index (χ1) is 10.5. The van der Waals surface area contributed by atoms with E-state index in [2.05, 4.69) is 15.9 Å². The number of hydrogen-bond donors (Lipinski definition) is 0. The predicted octanol–water partition coefficient (Wildman–Crippen LogP) is 4.26. The van der Waals surface area contributed by atoms with E-state index in [4.69, 9.17) is 4.74 Å². The monoisotopic (exact) mass is 361 g/mol. The average Bonchev–Trinajstić information content (AvgIpc) is 2.53. The second kappa shape index (κ2) is 7.00. The van der Waals surface area contributed by atoms with Crippen LogP contribution in [0.3, 0.4) is 0 Å². The van der Waals surface area contributed by atoms with Gasteiger partial charge in [-0.3, -0.25) is 14.9 Å². The molecule has 0 atom stereocenters. The Morgan fingerprint density at radius 3 is 2.50 bits per heavy atom. The van der Waals surface area contributed by atoms with Gasteiger partial charge in [0.25, 0.3) is 0 Å². The molecule has 0 fully saturated rings. The van der Waals surface area contributed by atoms with Gasteiger partial charge < -0.3 is 4.74 Å². The van der Waals surface area contributed by atoms with Crippen molar-refractivity contribution in [1.29, 1.82) is 0 Å². The molecule has 2 aromatic rings. The lowest BCUT2D eigenvalue weighted by Crippen LogP contribution is -1.95. The Morgan fingerprint density at radius 2 is 1.91 bits per heavy atom. The minimum absolute atomic E-state index is 0.138.